The zero-order valence-corrected chi connectivity index (χ0v) is 18.5. The molecule has 0 aliphatic carbocycles. The van der Waals surface area contributed by atoms with Gasteiger partial charge in [0.1, 0.15) is 0 Å². The lowest BCUT2D eigenvalue weighted by molar-refractivity contribution is -0.114. The molecule has 0 saturated carbocycles. The second-order valence-corrected chi connectivity index (χ2v) is 8.52. The van der Waals surface area contributed by atoms with Gasteiger partial charge in [0.2, 0.25) is 5.91 Å². The summed E-state index contributed by atoms with van der Waals surface area (Å²) in [7, 11) is 0. The molecule has 0 radical (unpaired) electrons. The van der Waals surface area contributed by atoms with Crippen LogP contribution in [0.1, 0.15) is 43.1 Å². The number of benzene rings is 2. The Morgan fingerprint density at radius 2 is 1.87 bits per heavy atom. The Morgan fingerprint density at radius 3 is 2.50 bits per heavy atom. The second kappa shape index (κ2) is 9.71. The van der Waals surface area contributed by atoms with E-state index in [2.05, 4.69) is 46.1 Å². The maximum absolute atomic E-state index is 12.9. The van der Waals surface area contributed by atoms with Gasteiger partial charge in [-0.1, -0.05) is 42.4 Å². The molecular formula is C23H26N4O2S. The Kier molecular flexibility index (Phi) is 7.05. The molecule has 0 bridgehead atoms. The van der Waals surface area contributed by atoms with Gasteiger partial charge in [-0.3, -0.25) is 9.59 Å². The summed E-state index contributed by atoms with van der Waals surface area (Å²) < 4.78 is 2.09. The first-order valence-electron chi connectivity index (χ1n) is 9.97. The number of carbonyl (C=O) groups excluding carboxylic acids is 2. The normalized spacial score (nSPS) is 11.9. The third-order valence-electron chi connectivity index (χ3n) is 4.58. The van der Waals surface area contributed by atoms with Crippen molar-refractivity contribution in [3.8, 4) is 11.4 Å². The zero-order chi connectivity index (χ0) is 21.7. The molecule has 7 heteroatoms. The van der Waals surface area contributed by atoms with Crippen molar-refractivity contribution in [3.05, 3.63) is 59.7 Å². The van der Waals surface area contributed by atoms with Crippen molar-refractivity contribution in [1.82, 2.24) is 14.8 Å². The van der Waals surface area contributed by atoms with Crippen molar-refractivity contribution in [3.63, 3.8) is 0 Å². The van der Waals surface area contributed by atoms with Gasteiger partial charge in [-0.15, -0.1) is 10.2 Å². The van der Waals surface area contributed by atoms with Gasteiger partial charge in [0.15, 0.2) is 16.8 Å². The molecule has 1 N–H and O–H groups in total. The SMILES string of the molecule is CCCn1c(SC(C)C(=O)c2ccc(NC(C)=O)cc2)nnc1-c1cccc(C)c1. The lowest BCUT2D eigenvalue weighted by Crippen LogP contribution is -2.15. The Morgan fingerprint density at radius 1 is 1.13 bits per heavy atom. The van der Waals surface area contributed by atoms with E-state index < -0.39 is 0 Å². The number of amides is 1. The molecule has 1 unspecified atom stereocenters. The van der Waals surface area contributed by atoms with Gasteiger partial charge >= 0.3 is 0 Å². The number of ketones is 1. The molecule has 30 heavy (non-hydrogen) atoms. The number of aromatic nitrogens is 3. The van der Waals surface area contributed by atoms with E-state index in [1.54, 1.807) is 24.3 Å². The van der Waals surface area contributed by atoms with Crippen LogP contribution in [0.2, 0.25) is 0 Å². The maximum Gasteiger partial charge on any atom is 0.221 e. The van der Waals surface area contributed by atoms with Crippen molar-refractivity contribution in [2.24, 2.45) is 0 Å². The summed E-state index contributed by atoms with van der Waals surface area (Å²) in [5, 5.41) is 11.9. The van der Waals surface area contributed by atoms with Crippen LogP contribution in [0.5, 0.6) is 0 Å². The number of thioether (sulfide) groups is 1. The largest absolute Gasteiger partial charge is 0.326 e. The number of aryl methyl sites for hydroxylation is 1. The molecular weight excluding hydrogens is 396 g/mol. The van der Waals surface area contributed by atoms with Crippen molar-refractivity contribution < 1.29 is 9.59 Å². The van der Waals surface area contributed by atoms with Gasteiger partial charge in [-0.2, -0.15) is 0 Å². The predicted molar refractivity (Wildman–Crippen MR) is 121 cm³/mol. The van der Waals surface area contributed by atoms with Crippen LogP contribution >= 0.6 is 11.8 Å². The molecule has 156 valence electrons. The Hall–Kier alpha value is -2.93. The smallest absolute Gasteiger partial charge is 0.221 e. The highest BCUT2D eigenvalue weighted by molar-refractivity contribution is 8.00. The Labute approximate surface area is 181 Å². The van der Waals surface area contributed by atoms with Crippen LogP contribution in [0.25, 0.3) is 11.4 Å². The van der Waals surface area contributed by atoms with Gasteiger partial charge in [0, 0.05) is 30.3 Å². The van der Waals surface area contributed by atoms with Crippen molar-refractivity contribution in [2.75, 3.05) is 5.32 Å². The highest BCUT2D eigenvalue weighted by atomic mass is 32.2. The lowest BCUT2D eigenvalue weighted by atomic mass is 10.1. The third-order valence-corrected chi connectivity index (χ3v) is 5.66. The molecule has 0 aliphatic rings. The standard InChI is InChI=1S/C23H26N4O2S/c1-5-13-27-22(19-8-6-7-15(2)14-19)25-26-23(27)30-16(3)21(29)18-9-11-20(12-10-18)24-17(4)28/h6-12,14,16H,5,13H2,1-4H3,(H,24,28). The summed E-state index contributed by atoms with van der Waals surface area (Å²) in [5.41, 5.74) is 3.46. The minimum absolute atomic E-state index is 0.0116. The van der Waals surface area contributed by atoms with Crippen molar-refractivity contribution in [2.45, 2.75) is 51.1 Å². The van der Waals surface area contributed by atoms with E-state index in [4.69, 9.17) is 0 Å². The van der Waals surface area contributed by atoms with Gasteiger partial charge in [-0.25, -0.2) is 0 Å². The molecule has 0 spiro atoms. The van der Waals surface area contributed by atoms with Crippen molar-refractivity contribution >= 4 is 29.1 Å². The number of nitrogens with one attached hydrogen (secondary N) is 1. The van der Waals surface area contributed by atoms with E-state index in [1.807, 2.05) is 19.1 Å². The molecule has 3 aromatic rings. The first kappa shape index (κ1) is 21.8. The molecule has 1 heterocycles. The number of anilines is 1. The van der Waals surface area contributed by atoms with Crippen molar-refractivity contribution in [1.29, 1.82) is 0 Å². The zero-order valence-electron chi connectivity index (χ0n) is 17.7. The lowest BCUT2D eigenvalue weighted by Gasteiger charge is -2.13. The van der Waals surface area contributed by atoms with E-state index in [9.17, 15) is 9.59 Å². The number of nitrogens with zero attached hydrogens (tertiary/aromatic N) is 3. The molecule has 1 atom stereocenters. The van der Waals surface area contributed by atoms with Crippen LogP contribution in [-0.2, 0) is 11.3 Å². The Bertz CT molecular complexity index is 1040. The van der Waals surface area contributed by atoms with E-state index in [1.165, 1.54) is 24.2 Å². The average molecular weight is 423 g/mol. The molecule has 1 amide bonds. The first-order valence-corrected chi connectivity index (χ1v) is 10.9. The van der Waals surface area contributed by atoms with Crippen LogP contribution in [0.3, 0.4) is 0 Å². The number of carbonyl (C=O) groups is 2. The molecule has 1 aromatic heterocycles. The van der Waals surface area contributed by atoms with Gasteiger partial charge in [0.25, 0.3) is 0 Å². The first-order chi connectivity index (χ1) is 14.4. The number of rotatable bonds is 8. The minimum Gasteiger partial charge on any atom is -0.326 e. The highest BCUT2D eigenvalue weighted by Crippen LogP contribution is 2.29. The maximum atomic E-state index is 12.9. The van der Waals surface area contributed by atoms with Gasteiger partial charge in [0.05, 0.1) is 5.25 Å². The molecule has 6 nitrogen and oxygen atoms in total. The summed E-state index contributed by atoms with van der Waals surface area (Å²) in [6.45, 7) is 8.28. The van der Waals surface area contributed by atoms with E-state index in [-0.39, 0.29) is 16.9 Å². The summed E-state index contributed by atoms with van der Waals surface area (Å²) in [5.74, 6) is 0.692. The minimum atomic E-state index is -0.318. The monoisotopic (exact) mass is 422 g/mol. The van der Waals surface area contributed by atoms with Gasteiger partial charge < -0.3 is 9.88 Å². The third kappa shape index (κ3) is 5.16. The van der Waals surface area contributed by atoms with Crippen LogP contribution in [0, 0.1) is 6.92 Å². The highest BCUT2D eigenvalue weighted by Gasteiger charge is 2.21. The quantitative estimate of drug-likeness (QED) is 0.409. The van der Waals surface area contributed by atoms with E-state index >= 15 is 0 Å². The van der Waals surface area contributed by atoms with Crippen LogP contribution in [0.15, 0.2) is 53.7 Å². The number of hydrogen-bond acceptors (Lipinski definition) is 5. The molecule has 0 fully saturated rings. The summed E-state index contributed by atoms with van der Waals surface area (Å²) in [6.07, 6.45) is 0.942. The summed E-state index contributed by atoms with van der Waals surface area (Å²) in [6, 6.07) is 15.1. The van der Waals surface area contributed by atoms with Gasteiger partial charge in [-0.05, 0) is 50.6 Å². The summed E-state index contributed by atoms with van der Waals surface area (Å²) in [4.78, 5) is 24.1. The average Bonchev–Trinajstić information content (AvgIpc) is 3.10. The Balaban J connectivity index is 1.79. The predicted octanol–water partition coefficient (Wildman–Crippen LogP) is 4.99. The fraction of sp³-hybridized carbons (Fsp3) is 0.304. The topological polar surface area (TPSA) is 76.9 Å². The molecule has 0 aliphatic heterocycles. The van der Waals surface area contributed by atoms with E-state index in [0.717, 1.165) is 29.5 Å². The molecule has 3 rings (SSSR count). The number of Topliss-reactive ketones (excluding diaryl/α,β-unsaturated/α-hetero) is 1. The fourth-order valence-corrected chi connectivity index (χ4v) is 4.12. The van der Waals surface area contributed by atoms with Crippen LogP contribution in [0.4, 0.5) is 5.69 Å². The fourth-order valence-electron chi connectivity index (χ4n) is 3.17. The molecule has 0 saturated heterocycles. The number of hydrogen-bond donors (Lipinski definition) is 1. The van der Waals surface area contributed by atoms with Crippen LogP contribution in [-0.4, -0.2) is 31.7 Å². The summed E-state index contributed by atoms with van der Waals surface area (Å²) >= 11 is 1.42. The van der Waals surface area contributed by atoms with Crippen LogP contribution < -0.4 is 5.32 Å². The molecule has 2 aromatic carbocycles. The second-order valence-electron chi connectivity index (χ2n) is 7.21. The van der Waals surface area contributed by atoms with E-state index in [0.29, 0.717) is 11.3 Å².